The Morgan fingerprint density at radius 3 is 2.56 bits per heavy atom. The van der Waals surface area contributed by atoms with Crippen molar-refractivity contribution in [1.29, 1.82) is 0 Å². The molecule has 4 rings (SSSR count). The van der Waals surface area contributed by atoms with E-state index in [4.69, 9.17) is 4.74 Å². The van der Waals surface area contributed by atoms with Gasteiger partial charge in [-0.05, 0) is 43.3 Å². The normalized spacial score (nSPS) is 10.7. The lowest BCUT2D eigenvalue weighted by atomic mass is 10.0. The van der Waals surface area contributed by atoms with Crippen LogP contribution >= 0.6 is 0 Å². The number of fused-ring (bicyclic) bond motifs is 1. The molecule has 2 aromatic carbocycles. The third-order valence-electron chi connectivity index (χ3n) is 5.01. The van der Waals surface area contributed by atoms with Crippen LogP contribution in [0.4, 0.5) is 5.69 Å². The van der Waals surface area contributed by atoms with Gasteiger partial charge in [0.1, 0.15) is 17.9 Å². The molecule has 0 aliphatic rings. The number of amides is 1. The van der Waals surface area contributed by atoms with Crippen molar-refractivity contribution >= 4 is 28.4 Å². The minimum absolute atomic E-state index is 0.0380. The quantitative estimate of drug-likeness (QED) is 0.475. The van der Waals surface area contributed by atoms with Crippen molar-refractivity contribution in [2.45, 2.75) is 13.5 Å². The number of pyridine rings is 2. The van der Waals surface area contributed by atoms with Crippen LogP contribution in [0.15, 0.2) is 77.7 Å². The van der Waals surface area contributed by atoms with Gasteiger partial charge < -0.3 is 14.6 Å². The summed E-state index contributed by atoms with van der Waals surface area (Å²) in [7, 11) is 1.51. The summed E-state index contributed by atoms with van der Waals surface area (Å²) in [5.74, 6) is -0.241. The van der Waals surface area contributed by atoms with Crippen LogP contribution < -0.4 is 15.5 Å². The smallest absolute Gasteiger partial charge is 0.244 e. The van der Waals surface area contributed by atoms with Crippen molar-refractivity contribution in [3.05, 3.63) is 100.0 Å². The minimum Gasteiger partial charge on any atom is -0.497 e. The predicted octanol–water partition coefficient (Wildman–Crippen LogP) is 3.58. The van der Waals surface area contributed by atoms with Gasteiger partial charge in [0.2, 0.25) is 11.3 Å². The van der Waals surface area contributed by atoms with E-state index < -0.39 is 11.2 Å². The zero-order valence-corrected chi connectivity index (χ0v) is 17.7. The molecule has 0 saturated heterocycles. The van der Waals surface area contributed by atoms with E-state index in [2.05, 4.69) is 10.3 Å². The van der Waals surface area contributed by atoms with Gasteiger partial charge >= 0.3 is 0 Å². The highest BCUT2D eigenvalue weighted by Crippen LogP contribution is 2.18. The molecule has 160 valence electrons. The third kappa shape index (κ3) is 4.27. The van der Waals surface area contributed by atoms with Crippen LogP contribution in [0.2, 0.25) is 0 Å². The molecule has 0 saturated carbocycles. The lowest BCUT2D eigenvalue weighted by Crippen LogP contribution is -2.25. The van der Waals surface area contributed by atoms with Crippen molar-refractivity contribution in [3.63, 3.8) is 0 Å². The number of aryl methyl sites for hydroxylation is 1. The van der Waals surface area contributed by atoms with E-state index in [1.165, 1.54) is 17.9 Å². The van der Waals surface area contributed by atoms with Crippen molar-refractivity contribution in [2.24, 2.45) is 0 Å². The van der Waals surface area contributed by atoms with Gasteiger partial charge in [-0.3, -0.25) is 14.4 Å². The summed E-state index contributed by atoms with van der Waals surface area (Å²) < 4.78 is 6.73. The molecular weight excluding hydrogens is 406 g/mol. The topological polar surface area (TPSA) is 90.3 Å². The number of anilines is 1. The number of methoxy groups -OCH3 is 1. The fourth-order valence-electron chi connectivity index (χ4n) is 3.44. The van der Waals surface area contributed by atoms with Gasteiger partial charge in [-0.25, -0.2) is 4.98 Å². The minimum atomic E-state index is -0.450. The molecule has 2 heterocycles. The Hall–Kier alpha value is -4.26. The van der Waals surface area contributed by atoms with Crippen LogP contribution in [0.5, 0.6) is 5.75 Å². The second-order valence-electron chi connectivity index (χ2n) is 7.30. The zero-order valence-electron chi connectivity index (χ0n) is 17.7. The largest absolute Gasteiger partial charge is 0.497 e. The van der Waals surface area contributed by atoms with Gasteiger partial charge in [-0.15, -0.1) is 0 Å². The van der Waals surface area contributed by atoms with Crippen molar-refractivity contribution in [3.8, 4) is 5.75 Å². The molecule has 0 spiro atoms. The third-order valence-corrected chi connectivity index (χ3v) is 5.01. The number of rotatable bonds is 6. The van der Waals surface area contributed by atoms with Crippen LogP contribution in [-0.4, -0.2) is 28.4 Å². The molecule has 0 radical (unpaired) electrons. The van der Waals surface area contributed by atoms with E-state index in [1.54, 1.807) is 55.5 Å². The molecule has 0 fully saturated rings. The summed E-state index contributed by atoms with van der Waals surface area (Å²) in [6, 6.07) is 19.0. The first-order valence-corrected chi connectivity index (χ1v) is 10.0. The number of carbonyl (C=O) groups excluding carboxylic acids is 2. The number of nitrogens with one attached hydrogen (secondary N) is 1. The molecule has 1 N–H and O–H groups in total. The summed E-state index contributed by atoms with van der Waals surface area (Å²) >= 11 is 0. The summed E-state index contributed by atoms with van der Waals surface area (Å²) in [6.07, 6.45) is 1.41. The Bertz CT molecular complexity index is 1380. The molecule has 7 heteroatoms. The fraction of sp³-hybridized carbons (Fsp3) is 0.120. The van der Waals surface area contributed by atoms with Gasteiger partial charge in [0.15, 0.2) is 5.78 Å². The van der Waals surface area contributed by atoms with Crippen molar-refractivity contribution < 1.29 is 14.3 Å². The van der Waals surface area contributed by atoms with Crippen LogP contribution in [0.1, 0.15) is 21.6 Å². The van der Waals surface area contributed by atoms with Gasteiger partial charge in [-0.1, -0.05) is 30.3 Å². The van der Waals surface area contributed by atoms with E-state index in [1.807, 2.05) is 18.2 Å². The number of hydrogen-bond acceptors (Lipinski definition) is 5. The highest BCUT2D eigenvalue weighted by molar-refractivity contribution is 6.10. The molecule has 0 aliphatic heterocycles. The SMILES string of the molecule is COc1cccc(C(=O)c2cn(CC(=O)Nc3ccccc3)c3nc(C)ccc3c2=O)c1. The molecule has 0 atom stereocenters. The highest BCUT2D eigenvalue weighted by Gasteiger charge is 2.19. The number of ketones is 1. The van der Waals surface area contributed by atoms with Crippen LogP contribution in [0.3, 0.4) is 0 Å². The Balaban J connectivity index is 1.78. The van der Waals surface area contributed by atoms with E-state index in [-0.39, 0.29) is 23.4 Å². The van der Waals surface area contributed by atoms with Gasteiger partial charge in [-0.2, -0.15) is 0 Å². The van der Waals surface area contributed by atoms with E-state index in [0.29, 0.717) is 28.3 Å². The Morgan fingerprint density at radius 1 is 1.03 bits per heavy atom. The molecule has 1 amide bonds. The Labute approximate surface area is 184 Å². The number of para-hydroxylation sites is 1. The molecule has 4 aromatic rings. The molecule has 7 nitrogen and oxygen atoms in total. The zero-order chi connectivity index (χ0) is 22.7. The number of hydrogen-bond donors (Lipinski definition) is 1. The van der Waals surface area contributed by atoms with E-state index in [9.17, 15) is 14.4 Å². The maximum atomic E-state index is 13.2. The summed E-state index contributed by atoms with van der Waals surface area (Å²) in [5, 5.41) is 3.09. The first-order valence-electron chi connectivity index (χ1n) is 10.0. The number of benzene rings is 2. The van der Waals surface area contributed by atoms with Crippen molar-refractivity contribution in [2.75, 3.05) is 12.4 Å². The molecule has 0 aliphatic carbocycles. The van der Waals surface area contributed by atoms with Gasteiger partial charge in [0, 0.05) is 23.1 Å². The lowest BCUT2D eigenvalue weighted by Gasteiger charge is -2.13. The molecular formula is C25H21N3O4. The summed E-state index contributed by atoms with van der Waals surface area (Å²) in [5.41, 5.74) is 1.55. The van der Waals surface area contributed by atoms with Crippen LogP contribution in [-0.2, 0) is 11.3 Å². The molecule has 0 bridgehead atoms. The standard InChI is InChI=1S/C25H21N3O4/c1-16-11-12-20-24(31)21(23(30)17-7-6-10-19(13-17)32-2)14-28(25(20)26-16)15-22(29)27-18-8-4-3-5-9-18/h3-14H,15H2,1-2H3,(H,27,29). The maximum Gasteiger partial charge on any atom is 0.244 e. The van der Waals surface area contributed by atoms with Gasteiger partial charge in [0.05, 0.1) is 18.1 Å². The average molecular weight is 427 g/mol. The first kappa shape index (κ1) is 21.0. The first-order chi connectivity index (χ1) is 15.5. The average Bonchev–Trinajstić information content (AvgIpc) is 2.81. The van der Waals surface area contributed by atoms with Crippen molar-refractivity contribution in [1.82, 2.24) is 9.55 Å². The second kappa shape index (κ2) is 8.85. The Morgan fingerprint density at radius 2 is 1.81 bits per heavy atom. The number of carbonyl (C=O) groups is 2. The fourth-order valence-corrected chi connectivity index (χ4v) is 3.44. The second-order valence-corrected chi connectivity index (χ2v) is 7.30. The number of ether oxygens (including phenoxy) is 1. The van der Waals surface area contributed by atoms with Crippen LogP contribution in [0, 0.1) is 6.92 Å². The highest BCUT2D eigenvalue weighted by atomic mass is 16.5. The van der Waals surface area contributed by atoms with E-state index in [0.717, 1.165) is 0 Å². The molecule has 0 unspecified atom stereocenters. The number of nitrogens with zero attached hydrogens (tertiary/aromatic N) is 2. The Kier molecular flexibility index (Phi) is 5.81. The maximum absolute atomic E-state index is 13.2. The molecule has 2 aromatic heterocycles. The summed E-state index contributed by atoms with van der Waals surface area (Å²) in [4.78, 5) is 43.5. The summed E-state index contributed by atoms with van der Waals surface area (Å²) in [6.45, 7) is 1.69. The number of aromatic nitrogens is 2. The monoisotopic (exact) mass is 427 g/mol. The molecule has 32 heavy (non-hydrogen) atoms. The van der Waals surface area contributed by atoms with E-state index >= 15 is 0 Å². The lowest BCUT2D eigenvalue weighted by molar-refractivity contribution is -0.116. The predicted molar refractivity (Wildman–Crippen MR) is 122 cm³/mol. The van der Waals surface area contributed by atoms with Crippen LogP contribution in [0.25, 0.3) is 11.0 Å². The van der Waals surface area contributed by atoms with Gasteiger partial charge in [0.25, 0.3) is 0 Å².